The van der Waals surface area contributed by atoms with E-state index in [0.717, 1.165) is 51.3 Å². The van der Waals surface area contributed by atoms with E-state index in [0.29, 0.717) is 11.6 Å². The number of halogens is 3. The highest BCUT2D eigenvalue weighted by Crippen LogP contribution is 2.61. The van der Waals surface area contributed by atoms with Crippen LogP contribution in [0.4, 0.5) is 18.3 Å². The molecule has 2 aliphatic carbocycles. The topological polar surface area (TPSA) is 88.2 Å². The van der Waals surface area contributed by atoms with E-state index in [1.807, 2.05) is 4.72 Å². The van der Waals surface area contributed by atoms with Gasteiger partial charge < -0.3 is 5.32 Å². The Morgan fingerprint density at radius 3 is 2.53 bits per heavy atom. The van der Waals surface area contributed by atoms with Gasteiger partial charge in [0.05, 0.1) is 15.9 Å². The summed E-state index contributed by atoms with van der Waals surface area (Å²) in [5, 5.41) is 4.85. The van der Waals surface area contributed by atoms with Gasteiger partial charge in [0.15, 0.2) is 5.13 Å². The fourth-order valence-electron chi connectivity index (χ4n) is 4.98. The maximum absolute atomic E-state index is 13.9. The minimum atomic E-state index is -4.89. The number of carbonyl (C=O) groups is 1. The van der Waals surface area contributed by atoms with Gasteiger partial charge in [-0.3, -0.25) is 4.79 Å². The van der Waals surface area contributed by atoms with Crippen LogP contribution >= 0.6 is 11.3 Å². The Morgan fingerprint density at radius 1 is 1.22 bits per heavy atom. The van der Waals surface area contributed by atoms with Crippen LogP contribution in [0.5, 0.6) is 0 Å². The van der Waals surface area contributed by atoms with Crippen LogP contribution in [0.2, 0.25) is 0 Å². The Balaban J connectivity index is 1.79. The molecule has 0 aliphatic heterocycles. The van der Waals surface area contributed by atoms with Gasteiger partial charge in [-0.1, -0.05) is 38.2 Å². The van der Waals surface area contributed by atoms with Crippen molar-refractivity contribution in [3.63, 3.8) is 0 Å². The number of nitrogens with zero attached hydrogens (tertiary/aromatic N) is 1. The van der Waals surface area contributed by atoms with E-state index in [4.69, 9.17) is 0 Å². The number of alkyl halides is 3. The average molecular weight is 488 g/mol. The average Bonchev–Trinajstić information content (AvgIpc) is 3.34. The highest BCUT2D eigenvalue weighted by Gasteiger charge is 2.63. The van der Waals surface area contributed by atoms with Gasteiger partial charge >= 0.3 is 6.18 Å². The molecule has 2 unspecified atom stereocenters. The number of anilines is 1. The van der Waals surface area contributed by atoms with Gasteiger partial charge in [0.25, 0.3) is 0 Å². The summed E-state index contributed by atoms with van der Waals surface area (Å²) >= 11 is 1.23. The normalized spacial score (nSPS) is 24.3. The maximum Gasteiger partial charge on any atom is 0.417 e. The molecular formula is C21H24F3N3O3S2. The van der Waals surface area contributed by atoms with Gasteiger partial charge in [0.1, 0.15) is 0 Å². The second-order valence-corrected chi connectivity index (χ2v) is 11.1. The van der Waals surface area contributed by atoms with E-state index in [-0.39, 0.29) is 23.3 Å². The molecule has 174 valence electrons. The highest BCUT2D eigenvalue weighted by atomic mass is 32.2. The van der Waals surface area contributed by atoms with E-state index in [1.165, 1.54) is 23.6 Å². The number of carbonyl (C=O) groups excluding carboxylic acids is 1. The third kappa shape index (κ3) is 4.17. The van der Waals surface area contributed by atoms with Crippen LogP contribution in [-0.4, -0.2) is 26.4 Å². The van der Waals surface area contributed by atoms with Crippen LogP contribution in [0, 0.1) is 11.8 Å². The van der Waals surface area contributed by atoms with Crippen molar-refractivity contribution in [3.05, 3.63) is 40.9 Å². The van der Waals surface area contributed by atoms with Crippen LogP contribution in [0.25, 0.3) is 0 Å². The Kier molecular flexibility index (Phi) is 6.10. The maximum atomic E-state index is 13.9. The summed E-state index contributed by atoms with van der Waals surface area (Å²) in [7, 11) is -3.27. The number of nitrogens with one attached hydrogen (secondary N) is 2. The minimum absolute atomic E-state index is 0.0874. The van der Waals surface area contributed by atoms with Crippen LogP contribution in [-0.2, 0) is 26.4 Å². The molecule has 2 aliphatic rings. The Morgan fingerprint density at radius 2 is 1.94 bits per heavy atom. The molecule has 1 heterocycles. The summed E-state index contributed by atoms with van der Waals surface area (Å²) in [6, 6.07) is 3.15. The molecule has 4 rings (SSSR count). The van der Waals surface area contributed by atoms with E-state index < -0.39 is 32.1 Å². The fraction of sp³-hybridized carbons (Fsp3) is 0.524. The van der Waals surface area contributed by atoms with Gasteiger partial charge in [-0.25, -0.2) is 18.1 Å². The van der Waals surface area contributed by atoms with E-state index in [2.05, 4.69) is 10.3 Å². The van der Waals surface area contributed by atoms with Crippen molar-refractivity contribution < 1.29 is 26.4 Å². The van der Waals surface area contributed by atoms with Gasteiger partial charge in [0.2, 0.25) is 15.9 Å². The standard InChI is InChI=1S/C21H24F3N3O3S2/c1-25-32(29,30)17-8-7-14(11-15(17)21(22,23)24)20(18(28)27-19-26-9-10-31-19)12-16(20)13-5-3-2-4-6-13/h7-11,13,16,25H,2-6,12H2,1H3,(H,26,27,28). The van der Waals surface area contributed by atoms with Crippen LogP contribution in [0.1, 0.15) is 49.7 Å². The van der Waals surface area contributed by atoms with Gasteiger partial charge in [-0.15, -0.1) is 11.3 Å². The van der Waals surface area contributed by atoms with Crippen molar-refractivity contribution in [2.24, 2.45) is 11.8 Å². The number of sulfonamides is 1. The number of thiazole rings is 1. The lowest BCUT2D eigenvalue weighted by molar-refractivity contribution is -0.140. The van der Waals surface area contributed by atoms with Crippen molar-refractivity contribution >= 4 is 32.4 Å². The Labute approximate surface area is 188 Å². The molecule has 1 aromatic carbocycles. The van der Waals surface area contributed by atoms with Crippen LogP contribution in [0.3, 0.4) is 0 Å². The Hall–Kier alpha value is -1.98. The first-order valence-corrected chi connectivity index (χ1v) is 12.8. The molecule has 2 aromatic rings. The lowest BCUT2D eigenvalue weighted by Crippen LogP contribution is -2.32. The molecule has 0 bridgehead atoms. The molecule has 0 spiro atoms. The van der Waals surface area contributed by atoms with Crippen molar-refractivity contribution in [1.82, 2.24) is 9.71 Å². The lowest BCUT2D eigenvalue weighted by atomic mass is 9.80. The van der Waals surface area contributed by atoms with Crippen molar-refractivity contribution in [2.45, 2.75) is 55.0 Å². The summed E-state index contributed by atoms with van der Waals surface area (Å²) < 4.78 is 67.9. The summed E-state index contributed by atoms with van der Waals surface area (Å²) in [6.07, 6.45) is 2.16. The summed E-state index contributed by atoms with van der Waals surface area (Å²) in [5.74, 6) is -0.225. The van der Waals surface area contributed by atoms with Gasteiger partial charge in [0, 0.05) is 11.6 Å². The zero-order chi connectivity index (χ0) is 23.1. The molecule has 6 nitrogen and oxygen atoms in total. The number of benzene rings is 1. The quantitative estimate of drug-likeness (QED) is 0.626. The molecular weight excluding hydrogens is 463 g/mol. The molecule has 1 amide bonds. The monoisotopic (exact) mass is 487 g/mol. The molecule has 11 heteroatoms. The van der Waals surface area contributed by atoms with Gasteiger partial charge in [-0.2, -0.15) is 13.2 Å². The number of hydrogen-bond donors (Lipinski definition) is 2. The molecule has 2 atom stereocenters. The zero-order valence-electron chi connectivity index (χ0n) is 17.4. The number of hydrogen-bond acceptors (Lipinski definition) is 5. The largest absolute Gasteiger partial charge is 0.417 e. The third-order valence-electron chi connectivity index (χ3n) is 6.65. The first-order chi connectivity index (χ1) is 15.1. The second-order valence-electron chi connectivity index (χ2n) is 8.39. The highest BCUT2D eigenvalue weighted by molar-refractivity contribution is 7.89. The number of amides is 1. The van der Waals surface area contributed by atoms with Crippen molar-refractivity contribution in [1.29, 1.82) is 0 Å². The molecule has 32 heavy (non-hydrogen) atoms. The third-order valence-corrected chi connectivity index (χ3v) is 8.81. The molecule has 2 saturated carbocycles. The van der Waals surface area contributed by atoms with E-state index in [1.54, 1.807) is 5.38 Å². The first kappa shape index (κ1) is 23.2. The molecule has 2 N–H and O–H groups in total. The molecule has 1 aromatic heterocycles. The summed E-state index contributed by atoms with van der Waals surface area (Å²) in [6.45, 7) is 0. The fourth-order valence-corrected chi connectivity index (χ4v) is 6.44. The summed E-state index contributed by atoms with van der Waals surface area (Å²) in [5.41, 5.74) is -2.19. The van der Waals surface area contributed by atoms with Gasteiger partial charge in [-0.05, 0) is 43.0 Å². The number of rotatable bonds is 6. The van der Waals surface area contributed by atoms with E-state index >= 15 is 0 Å². The second kappa shape index (κ2) is 8.42. The predicted octanol–water partition coefficient (Wildman–Crippen LogP) is 4.55. The molecule has 0 radical (unpaired) electrons. The molecule has 0 saturated heterocycles. The van der Waals surface area contributed by atoms with Crippen LogP contribution < -0.4 is 10.0 Å². The zero-order valence-corrected chi connectivity index (χ0v) is 19.0. The van der Waals surface area contributed by atoms with Crippen LogP contribution in [0.15, 0.2) is 34.7 Å². The molecule has 2 fully saturated rings. The number of aromatic nitrogens is 1. The van der Waals surface area contributed by atoms with E-state index in [9.17, 15) is 26.4 Å². The summed E-state index contributed by atoms with van der Waals surface area (Å²) in [4.78, 5) is 16.6. The minimum Gasteiger partial charge on any atom is -0.301 e. The predicted molar refractivity (Wildman–Crippen MR) is 115 cm³/mol. The van der Waals surface area contributed by atoms with Crippen molar-refractivity contribution in [2.75, 3.05) is 12.4 Å². The van der Waals surface area contributed by atoms with Crippen molar-refractivity contribution in [3.8, 4) is 0 Å². The smallest absolute Gasteiger partial charge is 0.301 e. The SMILES string of the molecule is CNS(=O)(=O)c1ccc(C2(C(=O)Nc3nccs3)CC2C2CCCCC2)cc1C(F)(F)F. The Bertz CT molecular complexity index is 1100. The lowest BCUT2D eigenvalue weighted by Gasteiger charge is -2.26. The first-order valence-electron chi connectivity index (χ1n) is 10.5.